The van der Waals surface area contributed by atoms with Crippen molar-refractivity contribution in [3.05, 3.63) is 84.8 Å². The average Bonchev–Trinajstić information content (AvgIpc) is 2.62. The number of hydrogen-bond donors (Lipinski definition) is 1. The first-order valence-corrected chi connectivity index (χ1v) is 8.38. The van der Waals surface area contributed by atoms with E-state index >= 15 is 0 Å². The second-order valence-electron chi connectivity index (χ2n) is 6.09. The van der Waals surface area contributed by atoms with Gasteiger partial charge in [-0.15, -0.1) is 6.58 Å². The monoisotopic (exact) mass is 348 g/mol. The number of rotatable bonds is 7. The summed E-state index contributed by atoms with van der Waals surface area (Å²) in [6, 6.07) is 16.2. The molecule has 0 aliphatic heterocycles. The summed E-state index contributed by atoms with van der Waals surface area (Å²) in [5.41, 5.74) is 3.48. The molecule has 26 heavy (non-hydrogen) atoms. The maximum absolute atomic E-state index is 13.4. The number of nitrogens with one attached hydrogen (secondary N) is 1. The minimum atomic E-state index is -0.285. The van der Waals surface area contributed by atoms with E-state index in [9.17, 15) is 4.39 Å². The molecule has 2 aromatic carbocycles. The summed E-state index contributed by atoms with van der Waals surface area (Å²) < 4.78 is 13.4. The zero-order valence-corrected chi connectivity index (χ0v) is 14.7. The number of aromatic nitrogens is 2. The molecule has 0 aliphatic rings. The first-order chi connectivity index (χ1) is 12.6. The fraction of sp³-hybridized carbons (Fsp3) is 0.143. The number of halogens is 1. The summed E-state index contributed by atoms with van der Waals surface area (Å²) in [6.07, 6.45) is 3.55. The van der Waals surface area contributed by atoms with Crippen LogP contribution >= 0.6 is 0 Å². The highest BCUT2D eigenvalue weighted by Gasteiger charge is 2.05. The fourth-order valence-corrected chi connectivity index (χ4v) is 2.70. The van der Waals surface area contributed by atoms with Gasteiger partial charge in [0.15, 0.2) is 0 Å². The van der Waals surface area contributed by atoms with E-state index in [1.807, 2.05) is 31.3 Å². The first kappa shape index (κ1) is 17.8. The summed E-state index contributed by atoms with van der Waals surface area (Å²) in [4.78, 5) is 10.9. The minimum absolute atomic E-state index is 0.285. The van der Waals surface area contributed by atoms with Gasteiger partial charge < -0.3 is 5.32 Å². The van der Waals surface area contributed by atoms with E-state index in [1.165, 1.54) is 17.7 Å². The molecule has 0 bridgehead atoms. The van der Waals surface area contributed by atoms with Gasteiger partial charge in [-0.1, -0.05) is 30.3 Å². The summed E-state index contributed by atoms with van der Waals surface area (Å²) in [7, 11) is 2.05. The summed E-state index contributed by atoms with van der Waals surface area (Å²) >= 11 is 0. The lowest BCUT2D eigenvalue weighted by molar-refractivity contribution is 0.364. The van der Waals surface area contributed by atoms with Crippen LogP contribution < -0.4 is 5.32 Å². The van der Waals surface area contributed by atoms with Gasteiger partial charge in [-0.25, -0.2) is 14.4 Å². The molecule has 132 valence electrons. The molecule has 0 unspecified atom stereocenters. The molecule has 1 N–H and O–H groups in total. The van der Waals surface area contributed by atoms with Crippen LogP contribution in [0.4, 0.5) is 16.0 Å². The van der Waals surface area contributed by atoms with Gasteiger partial charge in [-0.05, 0) is 42.9 Å². The van der Waals surface area contributed by atoms with Gasteiger partial charge in [-0.3, -0.25) is 4.90 Å². The van der Waals surface area contributed by atoms with E-state index in [0.29, 0.717) is 11.6 Å². The Hall–Kier alpha value is -3.05. The molecule has 0 atom stereocenters. The Morgan fingerprint density at radius 1 is 1.15 bits per heavy atom. The van der Waals surface area contributed by atoms with Crippen molar-refractivity contribution in [3.8, 4) is 11.3 Å². The molecule has 0 fully saturated rings. The van der Waals surface area contributed by atoms with Crippen LogP contribution in [0.2, 0.25) is 0 Å². The predicted molar refractivity (Wildman–Crippen MR) is 104 cm³/mol. The van der Waals surface area contributed by atoms with Gasteiger partial charge in [-0.2, -0.15) is 0 Å². The van der Waals surface area contributed by atoms with Crippen LogP contribution in [0.5, 0.6) is 0 Å². The highest BCUT2D eigenvalue weighted by molar-refractivity contribution is 5.62. The zero-order valence-electron chi connectivity index (χ0n) is 14.7. The molecule has 4 nitrogen and oxygen atoms in total. The third-order valence-corrected chi connectivity index (χ3v) is 3.85. The molecule has 0 saturated carbocycles. The molecular weight excluding hydrogens is 327 g/mol. The second-order valence-corrected chi connectivity index (χ2v) is 6.09. The van der Waals surface area contributed by atoms with Crippen molar-refractivity contribution >= 4 is 11.6 Å². The van der Waals surface area contributed by atoms with Gasteiger partial charge in [0.05, 0.1) is 5.69 Å². The van der Waals surface area contributed by atoms with Crippen molar-refractivity contribution in [2.75, 3.05) is 18.9 Å². The third kappa shape index (κ3) is 4.74. The van der Waals surface area contributed by atoms with E-state index in [2.05, 4.69) is 38.9 Å². The molecule has 5 heteroatoms. The fourth-order valence-electron chi connectivity index (χ4n) is 2.70. The smallest absolute Gasteiger partial charge is 0.227 e. The highest BCUT2D eigenvalue weighted by Crippen LogP contribution is 2.21. The van der Waals surface area contributed by atoms with E-state index in [0.717, 1.165) is 24.3 Å². The van der Waals surface area contributed by atoms with Crippen LogP contribution in [0.1, 0.15) is 5.56 Å². The molecule has 0 amide bonds. The molecule has 0 aliphatic carbocycles. The predicted octanol–water partition coefficient (Wildman–Crippen LogP) is 4.64. The molecular formula is C21H21FN4. The first-order valence-electron chi connectivity index (χ1n) is 8.38. The summed E-state index contributed by atoms with van der Waals surface area (Å²) in [5.74, 6) is 0.190. The Bertz CT molecular complexity index is 894. The Kier molecular flexibility index (Phi) is 5.71. The van der Waals surface area contributed by atoms with E-state index in [1.54, 1.807) is 18.3 Å². The standard InChI is InChI=1S/C21H21FN4/c1-3-12-26(2)15-16-6-4-9-19(13-16)24-21-23-11-10-20(25-21)17-7-5-8-18(22)14-17/h3-11,13-14H,1,12,15H2,2H3,(H,23,24,25). The third-order valence-electron chi connectivity index (χ3n) is 3.85. The highest BCUT2D eigenvalue weighted by atomic mass is 19.1. The van der Waals surface area contributed by atoms with Crippen LogP contribution in [-0.2, 0) is 6.54 Å². The van der Waals surface area contributed by atoms with Crippen LogP contribution in [0.3, 0.4) is 0 Å². The quantitative estimate of drug-likeness (QED) is 0.631. The Morgan fingerprint density at radius 3 is 2.81 bits per heavy atom. The van der Waals surface area contributed by atoms with Crippen molar-refractivity contribution in [1.29, 1.82) is 0 Å². The van der Waals surface area contributed by atoms with Gasteiger partial charge in [0.1, 0.15) is 5.82 Å². The molecule has 3 rings (SSSR count). The van der Waals surface area contributed by atoms with Gasteiger partial charge in [0.2, 0.25) is 5.95 Å². The lowest BCUT2D eigenvalue weighted by atomic mass is 10.1. The minimum Gasteiger partial charge on any atom is -0.324 e. The molecule has 1 heterocycles. The van der Waals surface area contributed by atoms with Gasteiger partial charge in [0.25, 0.3) is 0 Å². The topological polar surface area (TPSA) is 41.0 Å². The van der Waals surface area contributed by atoms with Crippen molar-refractivity contribution in [2.24, 2.45) is 0 Å². The normalized spacial score (nSPS) is 10.7. The summed E-state index contributed by atoms with van der Waals surface area (Å²) in [5, 5.41) is 3.22. The van der Waals surface area contributed by atoms with Crippen LogP contribution in [0.15, 0.2) is 73.4 Å². The van der Waals surface area contributed by atoms with Crippen molar-refractivity contribution in [2.45, 2.75) is 6.54 Å². The van der Waals surface area contributed by atoms with Crippen molar-refractivity contribution in [3.63, 3.8) is 0 Å². The second kappa shape index (κ2) is 8.36. The van der Waals surface area contributed by atoms with Crippen LogP contribution in [-0.4, -0.2) is 28.5 Å². The largest absolute Gasteiger partial charge is 0.324 e. The Morgan fingerprint density at radius 2 is 2.00 bits per heavy atom. The average molecular weight is 348 g/mol. The number of hydrogen-bond acceptors (Lipinski definition) is 4. The molecule has 1 aromatic heterocycles. The van der Waals surface area contributed by atoms with E-state index in [4.69, 9.17) is 0 Å². The van der Waals surface area contributed by atoms with Crippen LogP contribution in [0.25, 0.3) is 11.3 Å². The van der Waals surface area contributed by atoms with Gasteiger partial charge in [0, 0.05) is 30.5 Å². The number of likely N-dealkylation sites (N-methyl/N-ethyl adjacent to an activating group) is 1. The van der Waals surface area contributed by atoms with Gasteiger partial charge >= 0.3 is 0 Å². The molecule has 0 spiro atoms. The molecule has 3 aromatic rings. The molecule has 0 radical (unpaired) electrons. The van der Waals surface area contributed by atoms with E-state index in [-0.39, 0.29) is 5.82 Å². The zero-order chi connectivity index (χ0) is 18.4. The Balaban J connectivity index is 1.77. The van der Waals surface area contributed by atoms with Crippen LogP contribution in [0, 0.1) is 5.82 Å². The van der Waals surface area contributed by atoms with Crippen molar-refractivity contribution in [1.82, 2.24) is 14.9 Å². The maximum atomic E-state index is 13.4. The molecule has 0 saturated heterocycles. The van der Waals surface area contributed by atoms with Crippen molar-refractivity contribution < 1.29 is 4.39 Å². The number of anilines is 2. The Labute approximate surface area is 153 Å². The maximum Gasteiger partial charge on any atom is 0.227 e. The number of benzene rings is 2. The lowest BCUT2D eigenvalue weighted by Gasteiger charge is -2.15. The lowest BCUT2D eigenvalue weighted by Crippen LogP contribution is -2.17. The number of nitrogens with zero attached hydrogens (tertiary/aromatic N) is 3. The SMILES string of the molecule is C=CCN(C)Cc1cccc(Nc2nccc(-c3cccc(F)c3)n2)c1. The summed E-state index contributed by atoms with van der Waals surface area (Å²) in [6.45, 7) is 5.42. The van der Waals surface area contributed by atoms with E-state index < -0.39 is 0 Å².